The molecule has 2 aromatic rings. The van der Waals surface area contributed by atoms with Crippen molar-refractivity contribution in [3.63, 3.8) is 0 Å². The first kappa shape index (κ1) is 21.8. The second-order valence-corrected chi connectivity index (χ2v) is 9.89. The summed E-state index contributed by atoms with van der Waals surface area (Å²) in [5.74, 6) is 0.139. The van der Waals surface area contributed by atoms with Gasteiger partial charge in [0.15, 0.2) is 9.84 Å². The Morgan fingerprint density at radius 1 is 1.03 bits per heavy atom. The molecule has 1 aliphatic rings. The number of hydrogen-bond acceptors (Lipinski definition) is 4. The Balaban J connectivity index is 1.39. The maximum Gasteiger partial charge on any atom is 0.223 e. The highest BCUT2D eigenvalue weighted by Gasteiger charge is 2.24. The number of amides is 1. The van der Waals surface area contributed by atoms with Gasteiger partial charge in [-0.25, -0.2) is 8.42 Å². The number of hydrogen-bond donors (Lipinski definition) is 0. The van der Waals surface area contributed by atoms with Gasteiger partial charge < -0.3 is 9.64 Å². The van der Waals surface area contributed by atoms with Crippen LogP contribution in [0.5, 0.6) is 0 Å². The largest absolute Gasteiger partial charge is 0.376 e. The second kappa shape index (κ2) is 10.2. The van der Waals surface area contributed by atoms with E-state index in [0.29, 0.717) is 37.2 Å². The first-order valence-electron chi connectivity index (χ1n) is 9.82. The zero-order valence-corrected chi connectivity index (χ0v) is 17.9. The van der Waals surface area contributed by atoms with Crippen molar-refractivity contribution in [3.05, 3.63) is 65.2 Å². The molecule has 0 unspecified atom stereocenters. The van der Waals surface area contributed by atoms with Gasteiger partial charge in [0.25, 0.3) is 0 Å². The van der Waals surface area contributed by atoms with Gasteiger partial charge in [0, 0.05) is 31.1 Å². The maximum absolute atomic E-state index is 12.4. The lowest BCUT2D eigenvalue weighted by Gasteiger charge is -2.32. The highest BCUT2D eigenvalue weighted by molar-refractivity contribution is 7.91. The highest BCUT2D eigenvalue weighted by atomic mass is 35.5. The Kier molecular flexibility index (Phi) is 7.70. The number of rotatable bonds is 8. The zero-order valence-electron chi connectivity index (χ0n) is 16.3. The summed E-state index contributed by atoms with van der Waals surface area (Å²) < 4.78 is 30.6. The number of piperidine rings is 1. The SMILES string of the molecule is O=C(CCS(=O)(=O)c1ccc(Cl)cc1)N1CCC(COCc2ccccc2)CC1. The Labute approximate surface area is 177 Å². The standard InChI is InChI=1S/C22H26ClNO4S/c23-20-6-8-21(9-7-20)29(26,27)15-12-22(25)24-13-10-19(11-14-24)17-28-16-18-4-2-1-3-5-18/h1-9,19H,10-17H2. The van der Waals surface area contributed by atoms with Crippen LogP contribution in [0.15, 0.2) is 59.5 Å². The fourth-order valence-electron chi connectivity index (χ4n) is 3.41. The van der Waals surface area contributed by atoms with Gasteiger partial charge in [-0.2, -0.15) is 0 Å². The number of benzene rings is 2. The van der Waals surface area contributed by atoms with Crippen molar-refractivity contribution in [2.24, 2.45) is 5.92 Å². The molecule has 3 rings (SSSR count). The van der Waals surface area contributed by atoms with Crippen LogP contribution in [-0.2, 0) is 26.0 Å². The fraction of sp³-hybridized carbons (Fsp3) is 0.409. The predicted octanol–water partition coefficient (Wildman–Crippen LogP) is 3.96. The maximum atomic E-state index is 12.4. The molecule has 2 aromatic carbocycles. The van der Waals surface area contributed by atoms with Crippen LogP contribution in [0.2, 0.25) is 5.02 Å². The molecule has 156 valence electrons. The number of likely N-dealkylation sites (tertiary alicyclic amines) is 1. The summed E-state index contributed by atoms with van der Waals surface area (Å²) in [5, 5.41) is 0.482. The predicted molar refractivity (Wildman–Crippen MR) is 114 cm³/mol. The average molecular weight is 436 g/mol. The van der Waals surface area contributed by atoms with E-state index in [1.807, 2.05) is 30.3 Å². The molecule has 5 nitrogen and oxygen atoms in total. The van der Waals surface area contributed by atoms with Crippen LogP contribution < -0.4 is 0 Å². The van der Waals surface area contributed by atoms with E-state index in [1.54, 1.807) is 17.0 Å². The molecule has 1 heterocycles. The average Bonchev–Trinajstić information content (AvgIpc) is 2.74. The molecular formula is C22H26ClNO4S. The van der Waals surface area contributed by atoms with Crippen molar-refractivity contribution in [2.45, 2.75) is 30.8 Å². The molecule has 29 heavy (non-hydrogen) atoms. The molecule has 0 aliphatic carbocycles. The molecule has 0 radical (unpaired) electrons. The van der Waals surface area contributed by atoms with E-state index < -0.39 is 9.84 Å². The Morgan fingerprint density at radius 2 is 1.69 bits per heavy atom. The van der Waals surface area contributed by atoms with Gasteiger partial charge in [-0.3, -0.25) is 4.79 Å². The van der Waals surface area contributed by atoms with E-state index in [-0.39, 0.29) is 23.0 Å². The van der Waals surface area contributed by atoms with Crippen LogP contribution in [0.1, 0.15) is 24.8 Å². The minimum absolute atomic E-state index is 0.000133. The van der Waals surface area contributed by atoms with Crippen LogP contribution in [0.4, 0.5) is 0 Å². The summed E-state index contributed by atoms with van der Waals surface area (Å²) in [4.78, 5) is 14.4. The Hall–Kier alpha value is -1.89. The van der Waals surface area contributed by atoms with Crippen LogP contribution >= 0.6 is 11.6 Å². The molecule has 1 amide bonds. The lowest BCUT2D eigenvalue weighted by Crippen LogP contribution is -2.40. The molecule has 1 fully saturated rings. The van der Waals surface area contributed by atoms with Crippen LogP contribution in [0.25, 0.3) is 0 Å². The molecular weight excluding hydrogens is 410 g/mol. The number of halogens is 1. The fourth-order valence-corrected chi connectivity index (χ4v) is 4.76. The van der Waals surface area contributed by atoms with Crippen LogP contribution in [-0.4, -0.2) is 44.7 Å². The van der Waals surface area contributed by atoms with Gasteiger partial charge >= 0.3 is 0 Å². The quantitative estimate of drug-likeness (QED) is 0.629. The molecule has 1 saturated heterocycles. The van der Waals surface area contributed by atoms with Gasteiger partial charge in [0.05, 0.1) is 17.3 Å². The summed E-state index contributed by atoms with van der Waals surface area (Å²) in [5.41, 5.74) is 1.15. The summed E-state index contributed by atoms with van der Waals surface area (Å²) in [6.45, 7) is 2.59. The molecule has 1 aliphatic heterocycles. The zero-order chi connectivity index (χ0) is 20.7. The lowest BCUT2D eigenvalue weighted by atomic mass is 9.97. The van der Waals surface area contributed by atoms with Gasteiger partial charge in [-0.05, 0) is 48.6 Å². The monoisotopic (exact) mass is 435 g/mol. The second-order valence-electron chi connectivity index (χ2n) is 7.35. The smallest absolute Gasteiger partial charge is 0.223 e. The van der Waals surface area contributed by atoms with Gasteiger partial charge in [0.2, 0.25) is 5.91 Å². The van der Waals surface area contributed by atoms with Crippen LogP contribution in [0, 0.1) is 5.92 Å². The molecule has 7 heteroatoms. The molecule has 0 saturated carbocycles. The topological polar surface area (TPSA) is 63.7 Å². The van der Waals surface area contributed by atoms with Crippen LogP contribution in [0.3, 0.4) is 0 Å². The lowest BCUT2D eigenvalue weighted by molar-refractivity contribution is -0.132. The molecule has 0 aromatic heterocycles. The number of ether oxygens (including phenoxy) is 1. The van der Waals surface area contributed by atoms with Gasteiger partial charge in [0.1, 0.15) is 0 Å². The van der Waals surface area contributed by atoms with Crippen molar-refractivity contribution in [2.75, 3.05) is 25.4 Å². The number of carbonyl (C=O) groups excluding carboxylic acids is 1. The van der Waals surface area contributed by atoms with E-state index in [4.69, 9.17) is 16.3 Å². The molecule has 0 spiro atoms. The molecule has 0 atom stereocenters. The highest BCUT2D eigenvalue weighted by Crippen LogP contribution is 2.20. The third-order valence-electron chi connectivity index (χ3n) is 5.19. The summed E-state index contributed by atoms with van der Waals surface area (Å²) in [6.07, 6.45) is 1.76. The van der Waals surface area contributed by atoms with E-state index in [0.717, 1.165) is 18.4 Å². The number of carbonyl (C=O) groups is 1. The van der Waals surface area contributed by atoms with Gasteiger partial charge in [-0.1, -0.05) is 41.9 Å². The third kappa shape index (κ3) is 6.56. The van der Waals surface area contributed by atoms with Crippen molar-refractivity contribution in [1.29, 1.82) is 0 Å². The third-order valence-corrected chi connectivity index (χ3v) is 7.17. The first-order valence-corrected chi connectivity index (χ1v) is 11.8. The summed E-state index contributed by atoms with van der Waals surface area (Å²) in [7, 11) is -3.49. The minimum atomic E-state index is -3.49. The molecule has 0 N–H and O–H groups in total. The molecule has 0 bridgehead atoms. The first-order chi connectivity index (χ1) is 13.9. The van der Waals surface area contributed by atoms with E-state index >= 15 is 0 Å². The Morgan fingerprint density at radius 3 is 2.34 bits per heavy atom. The number of nitrogens with zero attached hydrogens (tertiary/aromatic N) is 1. The minimum Gasteiger partial charge on any atom is -0.376 e. The Bertz CT molecular complexity index is 892. The van der Waals surface area contributed by atoms with E-state index in [1.165, 1.54) is 12.1 Å². The van der Waals surface area contributed by atoms with Crippen molar-refractivity contribution >= 4 is 27.3 Å². The number of sulfone groups is 1. The van der Waals surface area contributed by atoms with E-state index in [2.05, 4.69) is 0 Å². The van der Waals surface area contributed by atoms with Gasteiger partial charge in [-0.15, -0.1) is 0 Å². The van der Waals surface area contributed by atoms with Crippen molar-refractivity contribution in [1.82, 2.24) is 4.90 Å². The normalized spacial score (nSPS) is 15.4. The van der Waals surface area contributed by atoms with Crippen molar-refractivity contribution < 1.29 is 17.9 Å². The van der Waals surface area contributed by atoms with E-state index in [9.17, 15) is 13.2 Å². The summed E-state index contributed by atoms with van der Waals surface area (Å²) >= 11 is 5.80. The summed E-state index contributed by atoms with van der Waals surface area (Å²) in [6, 6.07) is 16.1. The van der Waals surface area contributed by atoms with Crippen molar-refractivity contribution in [3.8, 4) is 0 Å².